The molecule has 2 aromatic carbocycles. The van der Waals surface area contributed by atoms with Crippen LogP contribution < -0.4 is 4.90 Å². The second-order valence-electron chi connectivity index (χ2n) is 7.46. The molecule has 1 aromatic heterocycles. The average Bonchev–Trinajstić information content (AvgIpc) is 3.13. The second kappa shape index (κ2) is 4.97. The molecule has 0 aliphatic carbocycles. The highest BCUT2D eigenvalue weighted by Crippen LogP contribution is 2.44. The number of hydrogen-bond acceptors (Lipinski definition) is 2. The summed E-state index contributed by atoms with van der Waals surface area (Å²) in [4.78, 5) is 32.9. The zero-order chi connectivity index (χ0) is 18.1. The normalized spacial score (nSPS) is 21.2. The zero-order valence-electron chi connectivity index (χ0n) is 14.7. The number of imide groups is 1. The Balaban J connectivity index is 1.67. The summed E-state index contributed by atoms with van der Waals surface area (Å²) in [5.74, 6) is -0.148. The van der Waals surface area contributed by atoms with E-state index in [1.807, 2.05) is 50.2 Å². The molecule has 5 nitrogen and oxygen atoms in total. The van der Waals surface area contributed by atoms with Crippen LogP contribution >= 0.6 is 0 Å². The van der Waals surface area contributed by atoms with E-state index in [0.29, 0.717) is 12.1 Å². The molecule has 0 spiro atoms. The number of amides is 3. The molecule has 1 fully saturated rings. The number of carbonyl (C=O) groups is 2. The summed E-state index contributed by atoms with van der Waals surface area (Å²) in [5, 5.41) is 1.13. The van der Waals surface area contributed by atoms with Gasteiger partial charge >= 0.3 is 6.03 Å². The molecule has 5 heteroatoms. The Morgan fingerprint density at radius 2 is 1.69 bits per heavy atom. The van der Waals surface area contributed by atoms with Crippen LogP contribution in [-0.4, -0.2) is 27.9 Å². The summed E-state index contributed by atoms with van der Waals surface area (Å²) in [7, 11) is 0. The Hall–Kier alpha value is -3.08. The van der Waals surface area contributed by atoms with E-state index in [2.05, 4.69) is 11.1 Å². The number of anilines is 1. The third-order valence-electron chi connectivity index (χ3n) is 5.65. The largest absolute Gasteiger partial charge is 0.356 e. The lowest BCUT2D eigenvalue weighted by Gasteiger charge is -2.42. The Morgan fingerprint density at radius 1 is 1.00 bits per heavy atom. The van der Waals surface area contributed by atoms with Crippen LogP contribution in [0.15, 0.2) is 54.6 Å². The molecule has 26 heavy (non-hydrogen) atoms. The smallest absolute Gasteiger partial charge is 0.332 e. The van der Waals surface area contributed by atoms with Crippen molar-refractivity contribution in [3.05, 3.63) is 65.9 Å². The number of aromatic amines is 1. The SMILES string of the molecule is CC1(C)c2[nH]c3ccccc3c2C[C@H]2C(=O)N(c3ccccc3)C(=O)N21. The summed E-state index contributed by atoms with van der Waals surface area (Å²) in [5.41, 5.74) is 3.25. The van der Waals surface area contributed by atoms with E-state index in [9.17, 15) is 9.59 Å². The van der Waals surface area contributed by atoms with Gasteiger partial charge in [0.15, 0.2) is 0 Å². The van der Waals surface area contributed by atoms with Crippen LogP contribution in [0.2, 0.25) is 0 Å². The molecule has 1 atom stereocenters. The highest BCUT2D eigenvalue weighted by atomic mass is 16.2. The van der Waals surface area contributed by atoms with E-state index >= 15 is 0 Å². The Morgan fingerprint density at radius 3 is 2.46 bits per heavy atom. The zero-order valence-corrected chi connectivity index (χ0v) is 14.7. The summed E-state index contributed by atoms with van der Waals surface area (Å²) in [6.07, 6.45) is 0.538. The minimum Gasteiger partial charge on any atom is -0.356 e. The fraction of sp³-hybridized carbons (Fsp3) is 0.238. The van der Waals surface area contributed by atoms with Crippen molar-refractivity contribution in [2.45, 2.75) is 31.8 Å². The van der Waals surface area contributed by atoms with Crippen LogP contribution in [0.4, 0.5) is 10.5 Å². The number of H-pyrrole nitrogens is 1. The van der Waals surface area contributed by atoms with Crippen molar-refractivity contribution in [1.29, 1.82) is 0 Å². The van der Waals surface area contributed by atoms with Gasteiger partial charge < -0.3 is 9.88 Å². The number of hydrogen-bond donors (Lipinski definition) is 1. The molecule has 0 unspecified atom stereocenters. The molecule has 3 amide bonds. The quantitative estimate of drug-likeness (QED) is 0.682. The van der Waals surface area contributed by atoms with Crippen molar-refractivity contribution in [2.75, 3.05) is 4.90 Å². The topological polar surface area (TPSA) is 56.4 Å². The molecule has 0 bridgehead atoms. The van der Waals surface area contributed by atoms with Gasteiger partial charge in [-0.1, -0.05) is 36.4 Å². The Bertz CT molecular complexity index is 1050. The standard InChI is InChI=1S/C21H19N3O2/c1-21(2)18-15(14-10-6-7-11-16(14)22-18)12-17-19(25)23(20(26)24(17)21)13-8-4-3-5-9-13/h3-11,17,22H,12H2,1-2H3/t17-/m0/s1. The van der Waals surface area contributed by atoms with E-state index < -0.39 is 11.6 Å². The maximum atomic E-state index is 13.2. The maximum Gasteiger partial charge on any atom is 0.332 e. The van der Waals surface area contributed by atoms with Gasteiger partial charge in [0.05, 0.1) is 11.2 Å². The molecule has 0 saturated carbocycles. The highest BCUT2D eigenvalue weighted by molar-refractivity contribution is 6.22. The number of nitrogens with one attached hydrogen (secondary N) is 1. The molecule has 1 saturated heterocycles. The van der Waals surface area contributed by atoms with Gasteiger partial charge in [-0.05, 0) is 37.6 Å². The van der Waals surface area contributed by atoms with Gasteiger partial charge in [0.25, 0.3) is 5.91 Å². The lowest BCUT2D eigenvalue weighted by Crippen LogP contribution is -2.52. The summed E-state index contributed by atoms with van der Waals surface area (Å²) in [6.45, 7) is 4.01. The lowest BCUT2D eigenvalue weighted by molar-refractivity contribution is -0.121. The summed E-state index contributed by atoms with van der Waals surface area (Å²) < 4.78 is 0. The third-order valence-corrected chi connectivity index (χ3v) is 5.65. The van der Waals surface area contributed by atoms with Gasteiger partial charge in [0.1, 0.15) is 6.04 Å². The van der Waals surface area contributed by atoms with Gasteiger partial charge in [-0.25, -0.2) is 9.69 Å². The van der Waals surface area contributed by atoms with Crippen LogP contribution in [0.1, 0.15) is 25.1 Å². The highest BCUT2D eigenvalue weighted by Gasteiger charge is 2.55. The molecular formula is C21H19N3O2. The summed E-state index contributed by atoms with van der Waals surface area (Å²) in [6, 6.07) is 16.6. The van der Waals surface area contributed by atoms with E-state index in [0.717, 1.165) is 22.2 Å². The lowest BCUT2D eigenvalue weighted by atomic mass is 9.85. The summed E-state index contributed by atoms with van der Waals surface area (Å²) >= 11 is 0. The molecule has 2 aliphatic heterocycles. The van der Waals surface area contributed by atoms with Crippen LogP contribution in [0.5, 0.6) is 0 Å². The fourth-order valence-corrected chi connectivity index (χ4v) is 4.46. The first-order chi connectivity index (χ1) is 12.5. The van der Waals surface area contributed by atoms with E-state index in [1.54, 1.807) is 17.0 Å². The molecule has 3 heterocycles. The average molecular weight is 345 g/mol. The van der Waals surface area contributed by atoms with Gasteiger partial charge in [-0.2, -0.15) is 0 Å². The van der Waals surface area contributed by atoms with E-state index in [1.165, 1.54) is 4.90 Å². The first-order valence-electron chi connectivity index (χ1n) is 8.82. The second-order valence-corrected chi connectivity index (χ2v) is 7.46. The maximum absolute atomic E-state index is 13.2. The number of para-hydroxylation sites is 2. The molecule has 2 aliphatic rings. The van der Waals surface area contributed by atoms with Crippen molar-refractivity contribution in [1.82, 2.24) is 9.88 Å². The number of urea groups is 1. The van der Waals surface area contributed by atoms with Crippen LogP contribution in [-0.2, 0) is 16.8 Å². The predicted octanol–water partition coefficient (Wildman–Crippen LogP) is 3.80. The number of carbonyl (C=O) groups excluding carboxylic acids is 2. The van der Waals surface area contributed by atoms with Gasteiger partial charge in [-0.15, -0.1) is 0 Å². The monoisotopic (exact) mass is 345 g/mol. The van der Waals surface area contributed by atoms with Gasteiger partial charge in [0, 0.05) is 23.0 Å². The van der Waals surface area contributed by atoms with E-state index in [4.69, 9.17) is 0 Å². The Kier molecular flexibility index (Phi) is 2.91. The van der Waals surface area contributed by atoms with Gasteiger partial charge in [0.2, 0.25) is 0 Å². The van der Waals surface area contributed by atoms with Crippen molar-refractivity contribution in [3.63, 3.8) is 0 Å². The Labute approximate surface area is 151 Å². The predicted molar refractivity (Wildman–Crippen MR) is 100.0 cm³/mol. The van der Waals surface area contributed by atoms with Gasteiger partial charge in [-0.3, -0.25) is 4.79 Å². The van der Waals surface area contributed by atoms with Crippen molar-refractivity contribution in [3.8, 4) is 0 Å². The molecule has 3 aromatic rings. The minimum atomic E-state index is -0.590. The number of aromatic nitrogens is 1. The third kappa shape index (κ3) is 1.80. The fourth-order valence-electron chi connectivity index (χ4n) is 4.46. The van der Waals surface area contributed by atoms with E-state index in [-0.39, 0.29) is 11.9 Å². The molecule has 5 rings (SSSR count). The number of benzene rings is 2. The minimum absolute atomic E-state index is 0.148. The van der Waals surface area contributed by atoms with Crippen LogP contribution in [0.25, 0.3) is 10.9 Å². The first-order valence-corrected chi connectivity index (χ1v) is 8.82. The van der Waals surface area contributed by atoms with Crippen molar-refractivity contribution >= 4 is 28.5 Å². The molecule has 130 valence electrons. The first kappa shape index (κ1) is 15.2. The van der Waals surface area contributed by atoms with Crippen LogP contribution in [0, 0.1) is 0 Å². The molecule has 0 radical (unpaired) electrons. The van der Waals surface area contributed by atoms with Crippen molar-refractivity contribution < 1.29 is 9.59 Å². The van der Waals surface area contributed by atoms with Crippen LogP contribution in [0.3, 0.4) is 0 Å². The number of nitrogens with zero attached hydrogens (tertiary/aromatic N) is 2. The number of fused-ring (bicyclic) bond motifs is 4. The molecule has 1 N–H and O–H groups in total. The van der Waals surface area contributed by atoms with Crippen molar-refractivity contribution in [2.24, 2.45) is 0 Å². The number of rotatable bonds is 1. The molecular weight excluding hydrogens is 326 g/mol.